The zero-order chi connectivity index (χ0) is 22.9. The standard InChI is InChI=1S/C20H24N4O6S2/c1-3-4-8-24-18-13(6-5-7-21-18)15(25)14(20(24)26)17-22-19-16(32(27,28)23-17)12(10-31-19)9-30-11-29-2/h5-7,10,25,27-28H,3-4,8-9,11H2,1-2H3,(H,22,23). The van der Waals surface area contributed by atoms with Gasteiger partial charge in [-0.25, -0.2) is 4.98 Å². The minimum Gasteiger partial charge on any atom is -0.506 e. The Hall–Kier alpha value is -2.48. The highest BCUT2D eigenvalue weighted by Crippen LogP contribution is 2.59. The molecule has 0 spiro atoms. The monoisotopic (exact) mass is 480 g/mol. The molecule has 0 fully saturated rings. The molecule has 0 radical (unpaired) electrons. The summed E-state index contributed by atoms with van der Waals surface area (Å²) in [7, 11) is -2.15. The van der Waals surface area contributed by atoms with Crippen molar-refractivity contribution in [2.24, 2.45) is 4.40 Å². The molecule has 12 heteroatoms. The van der Waals surface area contributed by atoms with E-state index in [1.165, 1.54) is 23.0 Å². The van der Waals surface area contributed by atoms with Crippen LogP contribution in [0.3, 0.4) is 0 Å². The number of aromatic nitrogens is 2. The summed E-state index contributed by atoms with van der Waals surface area (Å²) in [4.78, 5) is 17.9. The van der Waals surface area contributed by atoms with Crippen LogP contribution in [0, 0.1) is 0 Å². The molecule has 4 rings (SSSR count). The number of hydrogen-bond donors (Lipinski definition) is 4. The Bertz CT molecular complexity index is 1240. The van der Waals surface area contributed by atoms with Crippen LogP contribution in [0.2, 0.25) is 0 Å². The van der Waals surface area contributed by atoms with Crippen molar-refractivity contribution in [1.29, 1.82) is 0 Å². The molecule has 3 aromatic rings. The lowest BCUT2D eigenvalue weighted by molar-refractivity contribution is -0.0396. The first-order chi connectivity index (χ1) is 15.4. The van der Waals surface area contributed by atoms with Crippen LogP contribution in [-0.2, 0) is 22.6 Å². The van der Waals surface area contributed by atoms with Crippen molar-refractivity contribution in [3.63, 3.8) is 0 Å². The Morgan fingerprint density at radius 3 is 2.91 bits per heavy atom. The van der Waals surface area contributed by atoms with Gasteiger partial charge in [0.2, 0.25) is 0 Å². The minimum atomic E-state index is -3.64. The van der Waals surface area contributed by atoms with Crippen LogP contribution >= 0.6 is 22.1 Å². The predicted octanol–water partition coefficient (Wildman–Crippen LogP) is 3.98. The molecule has 0 unspecified atom stereocenters. The molecule has 0 bridgehead atoms. The zero-order valence-electron chi connectivity index (χ0n) is 17.6. The number of amidine groups is 1. The third-order valence-corrected chi connectivity index (χ3v) is 7.49. The van der Waals surface area contributed by atoms with Gasteiger partial charge in [0.1, 0.15) is 33.6 Å². The predicted molar refractivity (Wildman–Crippen MR) is 125 cm³/mol. The maximum absolute atomic E-state index is 13.4. The van der Waals surface area contributed by atoms with E-state index >= 15 is 0 Å². The molecule has 172 valence electrons. The molecule has 0 saturated heterocycles. The molecular weight excluding hydrogens is 456 g/mol. The van der Waals surface area contributed by atoms with Crippen molar-refractivity contribution in [1.82, 2.24) is 9.55 Å². The topological polar surface area (TPSA) is 138 Å². The second-order valence-corrected chi connectivity index (χ2v) is 9.67. The summed E-state index contributed by atoms with van der Waals surface area (Å²) in [5.74, 6) is -0.404. The number of pyridine rings is 2. The number of nitrogens with zero attached hydrogens (tertiary/aromatic N) is 3. The van der Waals surface area contributed by atoms with Crippen molar-refractivity contribution in [3.8, 4) is 5.75 Å². The summed E-state index contributed by atoms with van der Waals surface area (Å²) in [6.07, 6.45) is 3.16. The molecule has 4 heterocycles. The van der Waals surface area contributed by atoms with Crippen LogP contribution in [0.5, 0.6) is 5.75 Å². The molecular formula is C20H24N4O6S2. The molecule has 3 aromatic heterocycles. The lowest BCUT2D eigenvalue weighted by Gasteiger charge is -2.33. The lowest BCUT2D eigenvalue weighted by Crippen LogP contribution is -2.32. The molecule has 0 aromatic carbocycles. The fourth-order valence-electron chi connectivity index (χ4n) is 3.52. The van der Waals surface area contributed by atoms with Crippen LogP contribution in [0.25, 0.3) is 11.0 Å². The van der Waals surface area contributed by atoms with Gasteiger partial charge in [-0.05, 0) is 18.6 Å². The van der Waals surface area contributed by atoms with Gasteiger partial charge in [0.05, 0.1) is 12.0 Å². The summed E-state index contributed by atoms with van der Waals surface area (Å²) in [6, 6.07) is 3.32. The summed E-state index contributed by atoms with van der Waals surface area (Å²) >= 11 is 1.23. The normalized spacial score (nSPS) is 15.8. The summed E-state index contributed by atoms with van der Waals surface area (Å²) in [5, 5.41) is 16.5. The van der Waals surface area contributed by atoms with E-state index in [9.17, 15) is 19.0 Å². The Morgan fingerprint density at radius 1 is 1.34 bits per heavy atom. The molecule has 0 atom stereocenters. The number of aryl methyl sites for hydroxylation is 1. The lowest BCUT2D eigenvalue weighted by atomic mass is 10.1. The van der Waals surface area contributed by atoms with Gasteiger partial charge in [-0.3, -0.25) is 18.5 Å². The van der Waals surface area contributed by atoms with Crippen LogP contribution < -0.4 is 10.9 Å². The SMILES string of the molecule is CCCCn1c(=O)c(C2=NS(O)(O)c3c(COCOC)csc3N2)c(O)c2cccnc21. The van der Waals surface area contributed by atoms with Crippen LogP contribution in [0.15, 0.2) is 37.8 Å². The molecule has 1 aliphatic rings. The van der Waals surface area contributed by atoms with E-state index < -0.39 is 16.3 Å². The quantitative estimate of drug-likeness (QED) is 0.280. The fraction of sp³-hybridized carbons (Fsp3) is 0.350. The van der Waals surface area contributed by atoms with Crippen molar-refractivity contribution >= 4 is 44.0 Å². The van der Waals surface area contributed by atoms with Gasteiger partial charge in [-0.1, -0.05) is 24.1 Å². The fourth-order valence-corrected chi connectivity index (χ4v) is 6.16. The van der Waals surface area contributed by atoms with Crippen LogP contribution in [0.4, 0.5) is 5.00 Å². The van der Waals surface area contributed by atoms with Crippen molar-refractivity contribution in [2.75, 3.05) is 19.2 Å². The maximum Gasteiger partial charge on any atom is 0.267 e. The van der Waals surface area contributed by atoms with Gasteiger partial charge < -0.3 is 19.9 Å². The molecule has 0 amide bonds. The van der Waals surface area contributed by atoms with E-state index in [0.29, 0.717) is 28.1 Å². The van der Waals surface area contributed by atoms with Gasteiger partial charge in [-0.15, -0.1) is 15.7 Å². The number of rotatable bonds is 8. The van der Waals surface area contributed by atoms with Gasteiger partial charge in [0.25, 0.3) is 5.56 Å². The number of fused-ring (bicyclic) bond motifs is 2. The minimum absolute atomic E-state index is 0.0576. The average molecular weight is 481 g/mol. The van der Waals surface area contributed by atoms with E-state index in [-0.39, 0.29) is 35.4 Å². The second kappa shape index (κ2) is 9.17. The number of ether oxygens (including phenoxy) is 2. The smallest absolute Gasteiger partial charge is 0.267 e. The molecule has 4 N–H and O–H groups in total. The maximum atomic E-state index is 13.4. The first kappa shape index (κ1) is 22.7. The van der Waals surface area contributed by atoms with Crippen molar-refractivity contribution in [2.45, 2.75) is 37.8 Å². The highest BCUT2D eigenvalue weighted by atomic mass is 32.3. The molecule has 0 aliphatic carbocycles. The number of nitrogens with one attached hydrogen (secondary N) is 1. The largest absolute Gasteiger partial charge is 0.506 e. The number of unbranched alkanes of at least 4 members (excludes halogenated alkanes) is 1. The summed E-state index contributed by atoms with van der Waals surface area (Å²) < 4.78 is 37.4. The average Bonchev–Trinajstić information content (AvgIpc) is 3.18. The highest BCUT2D eigenvalue weighted by Gasteiger charge is 2.34. The molecule has 32 heavy (non-hydrogen) atoms. The van der Waals surface area contributed by atoms with Crippen LogP contribution in [0.1, 0.15) is 30.9 Å². The van der Waals surface area contributed by atoms with Gasteiger partial charge in [0, 0.05) is 30.8 Å². The van der Waals surface area contributed by atoms with E-state index in [1.807, 2.05) is 6.92 Å². The van der Waals surface area contributed by atoms with Crippen LogP contribution in [-0.4, -0.2) is 43.5 Å². The Labute approximate surface area is 189 Å². The summed E-state index contributed by atoms with van der Waals surface area (Å²) in [5.41, 5.74) is 0.291. The van der Waals surface area contributed by atoms with E-state index in [4.69, 9.17) is 9.47 Å². The zero-order valence-corrected chi connectivity index (χ0v) is 19.2. The number of anilines is 1. The van der Waals surface area contributed by atoms with E-state index in [2.05, 4.69) is 14.7 Å². The third kappa shape index (κ3) is 4.00. The summed E-state index contributed by atoms with van der Waals surface area (Å²) in [6.45, 7) is 2.59. The second-order valence-electron chi connectivity index (χ2n) is 7.17. The molecule has 1 aliphatic heterocycles. The van der Waals surface area contributed by atoms with Gasteiger partial charge >= 0.3 is 0 Å². The van der Waals surface area contributed by atoms with Crippen molar-refractivity contribution in [3.05, 3.63) is 45.2 Å². The molecule has 0 saturated carbocycles. The van der Waals surface area contributed by atoms with Gasteiger partial charge in [0.15, 0.2) is 5.84 Å². The number of aromatic hydroxyl groups is 1. The Kier molecular flexibility index (Phi) is 6.51. The van der Waals surface area contributed by atoms with E-state index in [1.54, 1.807) is 23.7 Å². The first-order valence-electron chi connectivity index (χ1n) is 9.92. The molecule has 10 nitrogen and oxygen atoms in total. The van der Waals surface area contributed by atoms with E-state index in [0.717, 1.165) is 12.8 Å². The number of hydrogen-bond acceptors (Lipinski definition) is 10. The first-order valence-corrected chi connectivity index (χ1v) is 12.3. The Balaban J connectivity index is 1.83. The van der Waals surface area contributed by atoms with Crippen molar-refractivity contribution < 1.29 is 23.7 Å². The van der Waals surface area contributed by atoms with Gasteiger partial charge in [-0.2, -0.15) is 0 Å². The number of thiophene rings is 1. The third-order valence-electron chi connectivity index (χ3n) is 4.97. The highest BCUT2D eigenvalue weighted by molar-refractivity contribution is 8.23. The Morgan fingerprint density at radius 2 is 2.16 bits per heavy atom. The number of methoxy groups -OCH3 is 1.